The van der Waals surface area contributed by atoms with Gasteiger partial charge in [0, 0.05) is 30.7 Å². The van der Waals surface area contributed by atoms with Crippen molar-refractivity contribution in [3.63, 3.8) is 0 Å². The van der Waals surface area contributed by atoms with Gasteiger partial charge in [-0.25, -0.2) is 4.98 Å². The molecule has 0 aromatic carbocycles. The molecule has 0 saturated heterocycles. The van der Waals surface area contributed by atoms with Gasteiger partial charge in [-0.3, -0.25) is 0 Å². The van der Waals surface area contributed by atoms with Crippen LogP contribution in [0.25, 0.3) is 0 Å². The lowest BCUT2D eigenvalue weighted by Gasteiger charge is -2.08. The minimum Gasteiger partial charge on any atom is -0.335 e. The molecule has 1 heterocycles. The normalized spacial score (nSPS) is 13.0. The third-order valence-corrected chi connectivity index (χ3v) is 3.10. The number of rotatable bonds is 7. The van der Waals surface area contributed by atoms with Crippen molar-refractivity contribution in [3.8, 4) is 0 Å². The molecule has 1 atom stereocenters. The topological polar surface area (TPSA) is 17.8 Å². The molecule has 0 amide bonds. The van der Waals surface area contributed by atoms with Crippen LogP contribution in [0.5, 0.6) is 0 Å². The molecule has 0 saturated carbocycles. The van der Waals surface area contributed by atoms with Crippen LogP contribution in [0.4, 0.5) is 0 Å². The fraction of sp³-hybridized carbons (Fsp3) is 0.750. The second kappa shape index (κ2) is 6.89. The second-order valence-corrected chi connectivity index (χ2v) is 4.52. The van der Waals surface area contributed by atoms with Crippen LogP contribution in [0, 0.1) is 0 Å². The first-order valence-corrected chi connectivity index (χ1v) is 6.35. The highest BCUT2D eigenvalue weighted by atomic mass is 35.5. The van der Waals surface area contributed by atoms with Crippen LogP contribution in [0.1, 0.15) is 45.4 Å². The Bertz CT molecular complexity index is 270. The summed E-state index contributed by atoms with van der Waals surface area (Å²) in [6.07, 6.45) is 9.52. The maximum Gasteiger partial charge on any atom is 0.108 e. The van der Waals surface area contributed by atoms with Gasteiger partial charge in [0.2, 0.25) is 0 Å². The van der Waals surface area contributed by atoms with E-state index in [4.69, 9.17) is 11.6 Å². The van der Waals surface area contributed by atoms with Gasteiger partial charge in [-0.15, -0.1) is 11.6 Å². The number of aromatic nitrogens is 2. The molecule has 1 rings (SSSR count). The Morgan fingerprint density at radius 1 is 1.40 bits per heavy atom. The highest BCUT2D eigenvalue weighted by Crippen LogP contribution is 2.13. The molecule has 1 unspecified atom stereocenters. The summed E-state index contributed by atoms with van der Waals surface area (Å²) in [6, 6.07) is 0. The summed E-state index contributed by atoms with van der Waals surface area (Å²) in [5.41, 5.74) is 0. The van der Waals surface area contributed by atoms with Crippen LogP contribution in [0.3, 0.4) is 0 Å². The van der Waals surface area contributed by atoms with Crippen molar-refractivity contribution in [1.82, 2.24) is 9.55 Å². The van der Waals surface area contributed by atoms with Gasteiger partial charge >= 0.3 is 0 Å². The smallest absolute Gasteiger partial charge is 0.108 e. The van der Waals surface area contributed by atoms with Crippen molar-refractivity contribution < 1.29 is 0 Å². The Morgan fingerprint density at radius 3 is 2.87 bits per heavy atom. The van der Waals surface area contributed by atoms with E-state index in [0.717, 1.165) is 32.2 Å². The molecule has 15 heavy (non-hydrogen) atoms. The highest BCUT2D eigenvalue weighted by molar-refractivity contribution is 6.20. The van der Waals surface area contributed by atoms with Crippen LogP contribution in [-0.2, 0) is 13.0 Å². The van der Waals surface area contributed by atoms with Gasteiger partial charge in [-0.05, 0) is 26.2 Å². The standard InChI is InChI=1S/C12H21ClN2/c1-3-6-11(13)7-5-8-12-14-9-10-15(12)4-2/h9-11H,3-8H2,1-2H3. The summed E-state index contributed by atoms with van der Waals surface area (Å²) in [4.78, 5) is 4.35. The van der Waals surface area contributed by atoms with Gasteiger partial charge in [0.15, 0.2) is 0 Å². The molecule has 3 heteroatoms. The third-order valence-electron chi connectivity index (χ3n) is 2.66. The number of alkyl halides is 1. The number of hydrogen-bond acceptors (Lipinski definition) is 1. The first kappa shape index (κ1) is 12.6. The van der Waals surface area contributed by atoms with Gasteiger partial charge < -0.3 is 4.57 Å². The van der Waals surface area contributed by atoms with E-state index in [1.54, 1.807) is 0 Å². The minimum atomic E-state index is 0.347. The minimum absolute atomic E-state index is 0.347. The van der Waals surface area contributed by atoms with Crippen molar-refractivity contribution in [2.75, 3.05) is 0 Å². The maximum atomic E-state index is 6.17. The van der Waals surface area contributed by atoms with Gasteiger partial charge in [0.05, 0.1) is 0 Å². The molecule has 1 aromatic heterocycles. The van der Waals surface area contributed by atoms with Crippen molar-refractivity contribution in [2.45, 2.75) is 57.9 Å². The summed E-state index contributed by atoms with van der Waals surface area (Å²) in [7, 11) is 0. The van der Waals surface area contributed by atoms with Gasteiger partial charge in [0.1, 0.15) is 5.82 Å². The van der Waals surface area contributed by atoms with Crippen molar-refractivity contribution >= 4 is 11.6 Å². The molecule has 1 aromatic rings. The first-order valence-electron chi connectivity index (χ1n) is 5.92. The van der Waals surface area contributed by atoms with E-state index in [-0.39, 0.29) is 0 Å². The Morgan fingerprint density at radius 2 is 2.20 bits per heavy atom. The van der Waals surface area contributed by atoms with Crippen molar-refractivity contribution in [1.29, 1.82) is 0 Å². The molecule has 0 spiro atoms. The first-order chi connectivity index (χ1) is 7.27. The number of imidazole rings is 1. The van der Waals surface area contributed by atoms with E-state index in [9.17, 15) is 0 Å². The third kappa shape index (κ3) is 4.25. The van der Waals surface area contributed by atoms with E-state index in [0.29, 0.717) is 5.38 Å². The number of nitrogens with zero attached hydrogens (tertiary/aromatic N) is 2. The molecule has 0 aliphatic rings. The summed E-state index contributed by atoms with van der Waals surface area (Å²) >= 11 is 6.17. The maximum absolute atomic E-state index is 6.17. The van der Waals surface area contributed by atoms with Crippen LogP contribution in [0.15, 0.2) is 12.4 Å². The average molecular weight is 229 g/mol. The van der Waals surface area contributed by atoms with Crippen LogP contribution >= 0.6 is 11.6 Å². The predicted molar refractivity (Wildman–Crippen MR) is 65.4 cm³/mol. The SMILES string of the molecule is CCCC(Cl)CCCc1nccn1CC. The quantitative estimate of drug-likeness (QED) is 0.652. The van der Waals surface area contributed by atoms with Gasteiger partial charge in [-0.1, -0.05) is 13.3 Å². The number of hydrogen-bond donors (Lipinski definition) is 0. The van der Waals surface area contributed by atoms with Crippen LogP contribution < -0.4 is 0 Å². The molecule has 0 fully saturated rings. The zero-order valence-corrected chi connectivity index (χ0v) is 10.5. The zero-order valence-electron chi connectivity index (χ0n) is 9.75. The summed E-state index contributed by atoms with van der Waals surface area (Å²) < 4.78 is 2.20. The Hall–Kier alpha value is -0.500. The summed E-state index contributed by atoms with van der Waals surface area (Å²) in [5.74, 6) is 1.19. The zero-order chi connectivity index (χ0) is 11.1. The molecule has 0 N–H and O–H groups in total. The fourth-order valence-electron chi connectivity index (χ4n) is 1.80. The van der Waals surface area contributed by atoms with E-state index < -0.39 is 0 Å². The van der Waals surface area contributed by atoms with E-state index >= 15 is 0 Å². The van der Waals surface area contributed by atoms with Gasteiger partial charge in [-0.2, -0.15) is 0 Å². The number of aryl methyl sites for hydroxylation is 2. The Kier molecular flexibility index (Phi) is 5.77. The number of halogens is 1. The van der Waals surface area contributed by atoms with Crippen LogP contribution in [0.2, 0.25) is 0 Å². The fourth-order valence-corrected chi connectivity index (χ4v) is 2.17. The molecule has 0 aliphatic heterocycles. The average Bonchev–Trinajstić information content (AvgIpc) is 2.66. The lowest BCUT2D eigenvalue weighted by Crippen LogP contribution is -2.03. The highest BCUT2D eigenvalue weighted by Gasteiger charge is 2.05. The largest absolute Gasteiger partial charge is 0.335 e. The summed E-state index contributed by atoms with van der Waals surface area (Å²) in [5, 5.41) is 0.347. The van der Waals surface area contributed by atoms with E-state index in [1.807, 2.05) is 12.4 Å². The monoisotopic (exact) mass is 228 g/mol. The molecule has 86 valence electrons. The van der Waals surface area contributed by atoms with Crippen molar-refractivity contribution in [3.05, 3.63) is 18.2 Å². The predicted octanol–water partition coefficient (Wildman–Crippen LogP) is 3.63. The molecule has 0 aliphatic carbocycles. The molecule has 2 nitrogen and oxygen atoms in total. The van der Waals surface area contributed by atoms with E-state index in [2.05, 4.69) is 23.4 Å². The summed E-state index contributed by atoms with van der Waals surface area (Å²) in [6.45, 7) is 5.33. The molecular weight excluding hydrogens is 208 g/mol. The van der Waals surface area contributed by atoms with Crippen LogP contribution in [-0.4, -0.2) is 14.9 Å². The molecular formula is C12H21ClN2. The Balaban J connectivity index is 2.25. The molecule has 0 bridgehead atoms. The Labute approximate surface area is 97.7 Å². The van der Waals surface area contributed by atoms with Crippen molar-refractivity contribution in [2.24, 2.45) is 0 Å². The lowest BCUT2D eigenvalue weighted by atomic mass is 10.1. The second-order valence-electron chi connectivity index (χ2n) is 3.91. The van der Waals surface area contributed by atoms with Gasteiger partial charge in [0.25, 0.3) is 0 Å². The van der Waals surface area contributed by atoms with E-state index in [1.165, 1.54) is 12.2 Å². The molecule has 0 radical (unpaired) electrons. The lowest BCUT2D eigenvalue weighted by molar-refractivity contribution is 0.608.